The van der Waals surface area contributed by atoms with Gasteiger partial charge in [-0.1, -0.05) is 30.3 Å². The van der Waals surface area contributed by atoms with Gasteiger partial charge < -0.3 is 9.15 Å². The molecule has 0 fully saturated rings. The van der Waals surface area contributed by atoms with Crippen LogP contribution < -0.4 is 4.74 Å². The van der Waals surface area contributed by atoms with Gasteiger partial charge >= 0.3 is 0 Å². The van der Waals surface area contributed by atoms with Crippen molar-refractivity contribution in [3.63, 3.8) is 0 Å². The number of benzene rings is 2. The van der Waals surface area contributed by atoms with Crippen LogP contribution >= 0.6 is 0 Å². The highest BCUT2D eigenvalue weighted by molar-refractivity contribution is 5.84. The van der Waals surface area contributed by atoms with Crippen molar-refractivity contribution in [2.45, 2.75) is 13.5 Å². The van der Waals surface area contributed by atoms with Crippen molar-refractivity contribution in [2.24, 2.45) is 0 Å². The van der Waals surface area contributed by atoms with Crippen molar-refractivity contribution in [3.05, 3.63) is 59.9 Å². The van der Waals surface area contributed by atoms with Gasteiger partial charge in [0.05, 0.1) is 5.39 Å². The Balaban J connectivity index is 1.52. The number of fused-ring (bicyclic) bond motifs is 1. The molecule has 0 bridgehead atoms. The largest absolute Gasteiger partial charge is 0.488 e. The Morgan fingerprint density at radius 2 is 2.00 bits per heavy atom. The third-order valence-corrected chi connectivity index (χ3v) is 3.60. The molecule has 0 radical (unpaired) electrons. The van der Waals surface area contributed by atoms with Crippen molar-refractivity contribution in [3.8, 4) is 17.1 Å². The fourth-order valence-electron chi connectivity index (χ4n) is 2.48. The number of hydrogen-bond donors (Lipinski definition) is 1. The molecule has 2 heterocycles. The molecule has 2 aromatic heterocycles. The second-order valence-electron chi connectivity index (χ2n) is 5.25. The maximum absolute atomic E-state index is 5.94. The Kier molecular flexibility index (Phi) is 3.27. The van der Waals surface area contributed by atoms with Crippen LogP contribution in [-0.4, -0.2) is 20.6 Å². The van der Waals surface area contributed by atoms with Crippen LogP contribution in [0.5, 0.6) is 5.75 Å². The summed E-state index contributed by atoms with van der Waals surface area (Å²) < 4.78 is 11.6. The number of ether oxygens (including phenoxy) is 1. The summed E-state index contributed by atoms with van der Waals surface area (Å²) in [7, 11) is 0. The van der Waals surface area contributed by atoms with E-state index in [1.54, 1.807) is 0 Å². The van der Waals surface area contributed by atoms with Gasteiger partial charge in [-0.15, -0.1) is 10.2 Å². The van der Waals surface area contributed by atoms with Crippen LogP contribution in [0.4, 0.5) is 0 Å². The monoisotopic (exact) mass is 306 g/mol. The average molecular weight is 306 g/mol. The molecule has 0 amide bonds. The Labute approximate surface area is 132 Å². The van der Waals surface area contributed by atoms with Gasteiger partial charge in [-0.2, -0.15) is 5.21 Å². The van der Waals surface area contributed by atoms with Crippen LogP contribution in [0.2, 0.25) is 0 Å². The number of aromatic nitrogens is 4. The maximum Gasteiger partial charge on any atom is 0.204 e. The lowest BCUT2D eigenvalue weighted by molar-refractivity contribution is 0.310. The molecule has 23 heavy (non-hydrogen) atoms. The second kappa shape index (κ2) is 5.57. The summed E-state index contributed by atoms with van der Waals surface area (Å²) in [5, 5.41) is 14.9. The van der Waals surface area contributed by atoms with E-state index in [9.17, 15) is 0 Å². The van der Waals surface area contributed by atoms with Crippen LogP contribution in [0.15, 0.2) is 52.9 Å². The lowest BCUT2D eigenvalue weighted by atomic mass is 10.1. The molecule has 6 nitrogen and oxygen atoms in total. The molecule has 0 unspecified atom stereocenters. The van der Waals surface area contributed by atoms with E-state index in [4.69, 9.17) is 9.15 Å². The minimum absolute atomic E-state index is 0.482. The zero-order chi connectivity index (χ0) is 15.6. The van der Waals surface area contributed by atoms with Crippen LogP contribution in [0.1, 0.15) is 11.3 Å². The number of hydrogen-bond acceptors (Lipinski definition) is 5. The van der Waals surface area contributed by atoms with Gasteiger partial charge in [0, 0.05) is 5.56 Å². The summed E-state index contributed by atoms with van der Waals surface area (Å²) in [6.07, 6.45) is 0. The minimum atomic E-state index is 0.482. The first-order valence-corrected chi connectivity index (χ1v) is 7.24. The molecule has 0 atom stereocenters. The summed E-state index contributed by atoms with van der Waals surface area (Å²) in [6.45, 7) is 2.41. The molecule has 114 valence electrons. The molecular weight excluding hydrogens is 292 g/mol. The molecule has 2 aromatic carbocycles. The van der Waals surface area contributed by atoms with Gasteiger partial charge in [-0.05, 0) is 35.9 Å². The Hall–Kier alpha value is -3.15. The summed E-state index contributed by atoms with van der Waals surface area (Å²) >= 11 is 0. The smallest absolute Gasteiger partial charge is 0.204 e. The summed E-state index contributed by atoms with van der Waals surface area (Å²) in [5.41, 5.74) is 2.82. The molecule has 0 saturated heterocycles. The first-order chi connectivity index (χ1) is 11.3. The fraction of sp³-hybridized carbons (Fsp3) is 0.118. The molecule has 0 aliphatic rings. The Morgan fingerprint density at radius 1 is 1.13 bits per heavy atom. The predicted molar refractivity (Wildman–Crippen MR) is 84.9 cm³/mol. The molecular formula is C17H14N4O2. The van der Waals surface area contributed by atoms with E-state index in [0.29, 0.717) is 12.4 Å². The zero-order valence-electron chi connectivity index (χ0n) is 12.5. The quantitative estimate of drug-likeness (QED) is 0.624. The van der Waals surface area contributed by atoms with Crippen molar-refractivity contribution < 1.29 is 9.15 Å². The highest BCUT2D eigenvalue weighted by Crippen LogP contribution is 2.29. The highest BCUT2D eigenvalue weighted by Gasteiger charge is 2.07. The third kappa shape index (κ3) is 2.66. The summed E-state index contributed by atoms with van der Waals surface area (Å²) in [6, 6.07) is 15.7. The SMILES string of the molecule is Cc1cc2c(OCc3ccc(-c4nn[nH]n4)cc3)cccc2o1. The first-order valence-electron chi connectivity index (χ1n) is 7.24. The standard InChI is InChI=1S/C17H14N4O2/c1-11-9-14-15(3-2-4-16(14)23-11)22-10-12-5-7-13(8-6-12)17-18-20-21-19-17/h2-9H,10H2,1H3,(H,18,19,20,21). The summed E-state index contributed by atoms with van der Waals surface area (Å²) in [4.78, 5) is 0. The normalized spacial score (nSPS) is 11.0. The number of rotatable bonds is 4. The van der Waals surface area contributed by atoms with Crippen molar-refractivity contribution in [2.75, 3.05) is 0 Å². The third-order valence-electron chi connectivity index (χ3n) is 3.60. The molecule has 6 heteroatoms. The second-order valence-corrected chi connectivity index (χ2v) is 5.25. The van der Waals surface area contributed by atoms with Crippen LogP contribution in [-0.2, 0) is 6.61 Å². The Morgan fingerprint density at radius 3 is 2.78 bits per heavy atom. The topological polar surface area (TPSA) is 76.8 Å². The maximum atomic E-state index is 5.94. The van der Waals surface area contributed by atoms with Crippen LogP contribution in [0.25, 0.3) is 22.4 Å². The van der Waals surface area contributed by atoms with Gasteiger partial charge in [0.1, 0.15) is 23.7 Å². The van der Waals surface area contributed by atoms with Gasteiger partial charge in [0.15, 0.2) is 0 Å². The van der Waals surface area contributed by atoms with Gasteiger partial charge in [-0.3, -0.25) is 0 Å². The molecule has 0 saturated carbocycles. The number of aromatic amines is 1. The number of tetrazole rings is 1. The average Bonchev–Trinajstić information content (AvgIpc) is 3.22. The van der Waals surface area contributed by atoms with E-state index in [1.807, 2.05) is 55.5 Å². The minimum Gasteiger partial charge on any atom is -0.488 e. The molecule has 0 aliphatic carbocycles. The molecule has 0 spiro atoms. The van der Waals surface area contributed by atoms with Crippen LogP contribution in [0, 0.1) is 6.92 Å². The van der Waals surface area contributed by atoms with Crippen molar-refractivity contribution >= 4 is 11.0 Å². The number of aryl methyl sites for hydroxylation is 1. The van der Waals surface area contributed by atoms with E-state index in [1.165, 1.54) is 0 Å². The zero-order valence-corrected chi connectivity index (χ0v) is 12.5. The molecule has 0 aliphatic heterocycles. The molecule has 1 N–H and O–H groups in total. The van der Waals surface area contributed by atoms with E-state index in [-0.39, 0.29) is 0 Å². The van der Waals surface area contributed by atoms with E-state index in [0.717, 1.165) is 33.6 Å². The number of nitrogens with zero attached hydrogens (tertiary/aromatic N) is 3. The van der Waals surface area contributed by atoms with Crippen molar-refractivity contribution in [1.29, 1.82) is 0 Å². The number of nitrogens with one attached hydrogen (secondary N) is 1. The lowest BCUT2D eigenvalue weighted by Gasteiger charge is -2.07. The first kappa shape index (κ1) is 13.5. The lowest BCUT2D eigenvalue weighted by Crippen LogP contribution is -1.95. The van der Waals surface area contributed by atoms with E-state index >= 15 is 0 Å². The molecule has 4 aromatic rings. The predicted octanol–water partition coefficient (Wildman–Crippen LogP) is 3.50. The van der Waals surface area contributed by atoms with E-state index < -0.39 is 0 Å². The van der Waals surface area contributed by atoms with E-state index in [2.05, 4.69) is 20.6 Å². The highest BCUT2D eigenvalue weighted by atomic mass is 16.5. The van der Waals surface area contributed by atoms with Gasteiger partial charge in [-0.25, -0.2) is 0 Å². The van der Waals surface area contributed by atoms with Gasteiger partial charge in [0.2, 0.25) is 5.82 Å². The molecule has 4 rings (SSSR count). The number of H-pyrrole nitrogens is 1. The van der Waals surface area contributed by atoms with Crippen LogP contribution in [0.3, 0.4) is 0 Å². The number of furan rings is 1. The van der Waals surface area contributed by atoms with Gasteiger partial charge in [0.25, 0.3) is 0 Å². The Bertz CT molecular complexity index is 927. The fourth-order valence-corrected chi connectivity index (χ4v) is 2.48. The summed E-state index contributed by atoms with van der Waals surface area (Å²) in [5.74, 6) is 2.28. The van der Waals surface area contributed by atoms with Crippen molar-refractivity contribution in [1.82, 2.24) is 20.6 Å².